The van der Waals surface area contributed by atoms with Gasteiger partial charge in [-0.25, -0.2) is 4.39 Å². The van der Waals surface area contributed by atoms with Crippen LogP contribution in [0.5, 0.6) is 0 Å². The van der Waals surface area contributed by atoms with Crippen LogP contribution in [0.25, 0.3) is 0 Å². The largest absolute Gasteiger partial charge is 0.329 e. The number of hydrogen-bond acceptors (Lipinski definition) is 2. The molecule has 2 atom stereocenters. The molecule has 1 aromatic carbocycles. The molecule has 0 bridgehead atoms. The van der Waals surface area contributed by atoms with E-state index in [1.165, 1.54) is 6.07 Å². The molecule has 1 aromatic rings. The van der Waals surface area contributed by atoms with Crippen molar-refractivity contribution in [1.29, 1.82) is 0 Å². The molecule has 0 aliphatic rings. The van der Waals surface area contributed by atoms with Crippen LogP contribution in [0.15, 0.2) is 18.2 Å². The molecule has 0 radical (unpaired) electrons. The van der Waals surface area contributed by atoms with E-state index in [-0.39, 0.29) is 11.1 Å². The zero-order chi connectivity index (χ0) is 13.9. The minimum absolute atomic E-state index is 0.0560. The van der Waals surface area contributed by atoms with E-state index in [4.69, 9.17) is 17.3 Å². The highest BCUT2D eigenvalue weighted by molar-refractivity contribution is 6.30. The lowest BCUT2D eigenvalue weighted by molar-refractivity contribution is 0.152. The summed E-state index contributed by atoms with van der Waals surface area (Å²) in [6.07, 6.45) is 0. The normalized spacial score (nSPS) is 15.2. The van der Waals surface area contributed by atoms with Gasteiger partial charge >= 0.3 is 0 Å². The molecular weight excluding hydrogens is 251 g/mol. The highest BCUT2D eigenvalue weighted by Crippen LogP contribution is 2.26. The monoisotopic (exact) mass is 272 g/mol. The van der Waals surface area contributed by atoms with Crippen molar-refractivity contribution in [3.05, 3.63) is 34.6 Å². The maximum absolute atomic E-state index is 13.2. The number of benzene rings is 1. The van der Waals surface area contributed by atoms with Gasteiger partial charge in [-0.3, -0.25) is 4.90 Å². The SMILES string of the molecule is CC(C)C(C)N(C)C(CN)c1ccc(F)c(Cl)c1. The summed E-state index contributed by atoms with van der Waals surface area (Å²) in [5.74, 6) is 0.135. The summed E-state index contributed by atoms with van der Waals surface area (Å²) in [6.45, 7) is 6.99. The molecule has 102 valence electrons. The highest BCUT2D eigenvalue weighted by atomic mass is 35.5. The summed E-state index contributed by atoms with van der Waals surface area (Å²) >= 11 is 5.83. The Morgan fingerprint density at radius 2 is 1.94 bits per heavy atom. The van der Waals surface area contributed by atoms with E-state index >= 15 is 0 Å². The summed E-state index contributed by atoms with van der Waals surface area (Å²) in [6, 6.07) is 5.26. The second kappa shape index (κ2) is 6.50. The van der Waals surface area contributed by atoms with Crippen molar-refractivity contribution >= 4 is 11.6 Å². The van der Waals surface area contributed by atoms with Crippen molar-refractivity contribution in [3.8, 4) is 0 Å². The molecule has 18 heavy (non-hydrogen) atoms. The first-order valence-electron chi connectivity index (χ1n) is 6.25. The van der Waals surface area contributed by atoms with Crippen molar-refractivity contribution in [2.24, 2.45) is 11.7 Å². The summed E-state index contributed by atoms with van der Waals surface area (Å²) in [5.41, 5.74) is 6.81. The Morgan fingerprint density at radius 1 is 1.33 bits per heavy atom. The van der Waals surface area contributed by atoms with Crippen LogP contribution in [-0.4, -0.2) is 24.5 Å². The smallest absolute Gasteiger partial charge is 0.141 e. The molecule has 0 saturated heterocycles. The van der Waals surface area contributed by atoms with Gasteiger partial charge in [0.25, 0.3) is 0 Å². The molecule has 0 aliphatic heterocycles. The summed E-state index contributed by atoms with van der Waals surface area (Å²) in [7, 11) is 2.04. The van der Waals surface area contributed by atoms with Gasteiger partial charge in [-0.2, -0.15) is 0 Å². The standard InChI is InChI=1S/C14H22ClFN2/c1-9(2)10(3)18(4)14(8-17)11-5-6-13(16)12(15)7-11/h5-7,9-10,14H,8,17H2,1-4H3. The zero-order valence-corrected chi connectivity index (χ0v) is 12.2. The fraction of sp³-hybridized carbons (Fsp3) is 0.571. The predicted molar refractivity (Wildman–Crippen MR) is 75.3 cm³/mol. The molecule has 2 unspecified atom stereocenters. The van der Waals surface area contributed by atoms with Gasteiger partial charge in [0.2, 0.25) is 0 Å². The Hall–Kier alpha value is -0.640. The fourth-order valence-electron chi connectivity index (χ4n) is 2.01. The van der Waals surface area contributed by atoms with E-state index in [1.807, 2.05) is 7.05 Å². The Morgan fingerprint density at radius 3 is 2.39 bits per heavy atom. The molecule has 4 heteroatoms. The molecule has 2 N–H and O–H groups in total. The first kappa shape index (κ1) is 15.4. The van der Waals surface area contributed by atoms with Crippen molar-refractivity contribution < 1.29 is 4.39 Å². The molecule has 0 fully saturated rings. The van der Waals surface area contributed by atoms with Gasteiger partial charge in [0.05, 0.1) is 5.02 Å². The van der Waals surface area contributed by atoms with E-state index in [1.54, 1.807) is 12.1 Å². The molecule has 0 heterocycles. The minimum atomic E-state index is -0.393. The molecule has 2 nitrogen and oxygen atoms in total. The fourth-order valence-corrected chi connectivity index (χ4v) is 2.20. The van der Waals surface area contributed by atoms with Gasteiger partial charge in [-0.1, -0.05) is 31.5 Å². The summed E-state index contributed by atoms with van der Waals surface area (Å²) in [5, 5.41) is 0.150. The van der Waals surface area contributed by atoms with Crippen LogP contribution in [0.3, 0.4) is 0 Å². The Labute approximate surface area is 114 Å². The maximum Gasteiger partial charge on any atom is 0.141 e. The second-order valence-corrected chi connectivity index (χ2v) is 5.48. The van der Waals surface area contributed by atoms with E-state index in [0.717, 1.165) is 5.56 Å². The van der Waals surface area contributed by atoms with E-state index in [0.29, 0.717) is 18.5 Å². The second-order valence-electron chi connectivity index (χ2n) is 5.08. The Kier molecular flexibility index (Phi) is 5.57. The quantitative estimate of drug-likeness (QED) is 0.890. The van der Waals surface area contributed by atoms with Crippen LogP contribution in [0.1, 0.15) is 32.4 Å². The first-order valence-corrected chi connectivity index (χ1v) is 6.63. The molecule has 0 saturated carbocycles. The third kappa shape index (κ3) is 3.44. The number of nitrogens with zero attached hydrogens (tertiary/aromatic N) is 1. The van der Waals surface area contributed by atoms with Gasteiger partial charge in [0.1, 0.15) is 5.82 Å². The Bertz CT molecular complexity index is 395. The number of hydrogen-bond donors (Lipinski definition) is 1. The van der Waals surface area contributed by atoms with E-state index < -0.39 is 5.82 Å². The lowest BCUT2D eigenvalue weighted by atomic mass is 9.99. The van der Waals surface area contributed by atoms with Crippen LogP contribution in [0.4, 0.5) is 4.39 Å². The molecule has 0 spiro atoms. The van der Waals surface area contributed by atoms with Gasteiger partial charge in [0, 0.05) is 18.6 Å². The summed E-state index contributed by atoms with van der Waals surface area (Å²) in [4.78, 5) is 2.22. The minimum Gasteiger partial charge on any atom is -0.329 e. The lowest BCUT2D eigenvalue weighted by Gasteiger charge is -2.35. The molecule has 1 rings (SSSR count). The number of rotatable bonds is 5. The van der Waals surface area contributed by atoms with E-state index in [2.05, 4.69) is 25.7 Å². The maximum atomic E-state index is 13.2. The van der Waals surface area contributed by atoms with E-state index in [9.17, 15) is 4.39 Å². The highest BCUT2D eigenvalue weighted by Gasteiger charge is 2.22. The third-order valence-corrected chi connectivity index (χ3v) is 3.94. The number of halogens is 2. The zero-order valence-electron chi connectivity index (χ0n) is 11.5. The van der Waals surface area contributed by atoms with Crippen molar-refractivity contribution in [3.63, 3.8) is 0 Å². The third-order valence-electron chi connectivity index (χ3n) is 3.65. The van der Waals surface area contributed by atoms with Gasteiger partial charge in [-0.05, 0) is 37.6 Å². The molecule has 0 amide bonds. The topological polar surface area (TPSA) is 29.3 Å². The number of nitrogens with two attached hydrogens (primary N) is 1. The number of likely N-dealkylation sites (N-methyl/N-ethyl adjacent to an activating group) is 1. The average Bonchev–Trinajstić information content (AvgIpc) is 2.33. The van der Waals surface area contributed by atoms with Crippen LogP contribution >= 0.6 is 11.6 Å². The lowest BCUT2D eigenvalue weighted by Crippen LogP contribution is -2.39. The van der Waals surface area contributed by atoms with Crippen molar-refractivity contribution in [2.75, 3.05) is 13.6 Å². The van der Waals surface area contributed by atoms with Crippen LogP contribution in [-0.2, 0) is 0 Å². The van der Waals surface area contributed by atoms with Crippen molar-refractivity contribution in [2.45, 2.75) is 32.9 Å². The van der Waals surface area contributed by atoms with Gasteiger partial charge < -0.3 is 5.73 Å². The van der Waals surface area contributed by atoms with Crippen molar-refractivity contribution in [1.82, 2.24) is 4.90 Å². The molecule has 0 aliphatic carbocycles. The first-order chi connectivity index (χ1) is 8.38. The van der Waals surface area contributed by atoms with Crippen LogP contribution < -0.4 is 5.73 Å². The van der Waals surface area contributed by atoms with Crippen LogP contribution in [0, 0.1) is 11.7 Å². The summed E-state index contributed by atoms with van der Waals surface area (Å²) < 4.78 is 13.2. The predicted octanol–water partition coefficient (Wildman–Crippen LogP) is 3.46. The van der Waals surface area contributed by atoms with Gasteiger partial charge in [0.15, 0.2) is 0 Å². The molecule has 0 aromatic heterocycles. The van der Waals surface area contributed by atoms with Crippen LogP contribution in [0.2, 0.25) is 5.02 Å². The Balaban J connectivity index is 2.98. The molecular formula is C14H22ClFN2. The van der Waals surface area contributed by atoms with Gasteiger partial charge in [-0.15, -0.1) is 0 Å². The average molecular weight is 273 g/mol.